The maximum atomic E-state index is 12.0. The Morgan fingerprint density at radius 2 is 1.81 bits per heavy atom. The summed E-state index contributed by atoms with van der Waals surface area (Å²) >= 11 is 0. The van der Waals surface area contributed by atoms with Gasteiger partial charge in [-0.05, 0) is 23.6 Å². The van der Waals surface area contributed by atoms with E-state index in [2.05, 4.69) is 15.4 Å². The number of hydrogen-bond acceptors (Lipinski definition) is 4. The fourth-order valence-corrected chi connectivity index (χ4v) is 1.56. The summed E-state index contributed by atoms with van der Waals surface area (Å²) in [6.07, 6.45) is -0.328. The van der Waals surface area contributed by atoms with Gasteiger partial charge in [0, 0.05) is 23.8 Å². The van der Waals surface area contributed by atoms with Crippen LogP contribution in [0.2, 0.25) is 0 Å². The molecule has 0 aromatic heterocycles. The summed E-state index contributed by atoms with van der Waals surface area (Å²) in [6.45, 7) is 5.98. The molecule has 1 unspecified atom stereocenters. The van der Waals surface area contributed by atoms with Gasteiger partial charge in [-0.25, -0.2) is 4.79 Å². The average molecular weight is 293 g/mol. The largest absolute Gasteiger partial charge is 0.453 e. The van der Waals surface area contributed by atoms with E-state index in [-0.39, 0.29) is 23.8 Å². The molecule has 1 aromatic carbocycles. The zero-order chi connectivity index (χ0) is 16.0. The van der Waals surface area contributed by atoms with E-state index in [1.165, 1.54) is 7.11 Å². The lowest BCUT2D eigenvalue weighted by Crippen LogP contribution is -2.38. The van der Waals surface area contributed by atoms with Crippen molar-refractivity contribution in [1.82, 2.24) is 0 Å². The Bertz CT molecular complexity index is 509. The van der Waals surface area contributed by atoms with Gasteiger partial charge in [0.15, 0.2) is 0 Å². The van der Waals surface area contributed by atoms with Crippen molar-refractivity contribution in [2.45, 2.75) is 33.2 Å². The lowest BCUT2D eigenvalue weighted by atomic mass is 9.85. The van der Waals surface area contributed by atoms with Crippen molar-refractivity contribution in [3.63, 3.8) is 0 Å². The van der Waals surface area contributed by atoms with Crippen molar-refractivity contribution >= 4 is 23.4 Å². The zero-order valence-corrected chi connectivity index (χ0v) is 12.9. The Morgan fingerprint density at radius 3 is 2.33 bits per heavy atom. The first-order valence-corrected chi connectivity index (χ1v) is 6.73. The molecule has 2 amide bonds. The first-order valence-electron chi connectivity index (χ1n) is 6.73. The maximum Gasteiger partial charge on any atom is 0.411 e. The number of anilines is 2. The number of nitrogens with one attached hydrogen (secondary N) is 2. The quantitative estimate of drug-likeness (QED) is 0.795. The van der Waals surface area contributed by atoms with Crippen LogP contribution in [-0.2, 0) is 9.53 Å². The fourth-order valence-electron chi connectivity index (χ4n) is 1.56. The minimum absolute atomic E-state index is 0.133. The van der Waals surface area contributed by atoms with Crippen molar-refractivity contribution in [2.75, 3.05) is 17.7 Å². The van der Waals surface area contributed by atoms with Crippen molar-refractivity contribution in [3.8, 4) is 0 Å². The van der Waals surface area contributed by atoms with Gasteiger partial charge >= 0.3 is 6.09 Å². The van der Waals surface area contributed by atoms with Gasteiger partial charge in [0.1, 0.15) is 0 Å². The number of amides is 2. The van der Waals surface area contributed by atoms with E-state index in [1.807, 2.05) is 20.8 Å². The number of hydrogen-bond donors (Lipinski definition) is 3. The fraction of sp³-hybridized carbons (Fsp3) is 0.467. The molecule has 0 aliphatic heterocycles. The number of carbonyl (C=O) groups is 2. The molecular formula is C15H23N3O3. The van der Waals surface area contributed by atoms with Crippen LogP contribution < -0.4 is 16.4 Å². The van der Waals surface area contributed by atoms with E-state index in [1.54, 1.807) is 24.3 Å². The van der Waals surface area contributed by atoms with Gasteiger partial charge in [-0.1, -0.05) is 26.8 Å². The van der Waals surface area contributed by atoms with Gasteiger partial charge in [-0.15, -0.1) is 0 Å². The molecule has 4 N–H and O–H groups in total. The minimum Gasteiger partial charge on any atom is -0.453 e. The summed E-state index contributed by atoms with van der Waals surface area (Å²) in [4.78, 5) is 23.1. The second-order valence-corrected chi connectivity index (χ2v) is 5.92. The van der Waals surface area contributed by atoms with Crippen molar-refractivity contribution < 1.29 is 14.3 Å². The number of ether oxygens (including phenoxy) is 1. The minimum atomic E-state index is -0.562. The lowest BCUT2D eigenvalue weighted by Gasteiger charge is -2.26. The Hall–Kier alpha value is -2.08. The first-order chi connectivity index (χ1) is 9.72. The predicted octanol–water partition coefficient (Wildman–Crippen LogP) is 2.57. The van der Waals surface area contributed by atoms with Crippen LogP contribution in [0, 0.1) is 5.41 Å². The van der Waals surface area contributed by atoms with Gasteiger partial charge in [-0.2, -0.15) is 0 Å². The van der Waals surface area contributed by atoms with Crippen LogP contribution in [0.25, 0.3) is 0 Å². The molecule has 21 heavy (non-hydrogen) atoms. The predicted molar refractivity (Wildman–Crippen MR) is 83.1 cm³/mol. The summed E-state index contributed by atoms with van der Waals surface area (Å²) in [5.41, 5.74) is 6.99. The van der Waals surface area contributed by atoms with Gasteiger partial charge in [0.2, 0.25) is 5.91 Å². The van der Waals surface area contributed by atoms with Crippen LogP contribution in [0.5, 0.6) is 0 Å². The SMILES string of the molecule is COC(=O)Nc1cccc(NC(=O)CC(N)C(C)(C)C)c1. The van der Waals surface area contributed by atoms with Crippen LogP contribution in [0.1, 0.15) is 27.2 Å². The Kier molecular flexibility index (Phi) is 5.72. The third-order valence-corrected chi connectivity index (χ3v) is 3.10. The van der Waals surface area contributed by atoms with E-state index >= 15 is 0 Å². The average Bonchev–Trinajstić information content (AvgIpc) is 2.37. The highest BCUT2D eigenvalue weighted by Gasteiger charge is 2.23. The second kappa shape index (κ2) is 7.08. The van der Waals surface area contributed by atoms with Crippen LogP contribution >= 0.6 is 0 Å². The molecule has 0 fully saturated rings. The molecule has 0 spiro atoms. The van der Waals surface area contributed by atoms with Crippen LogP contribution in [0.3, 0.4) is 0 Å². The monoisotopic (exact) mass is 293 g/mol. The summed E-state index contributed by atoms with van der Waals surface area (Å²) in [6, 6.07) is 6.59. The van der Waals surface area contributed by atoms with E-state index in [4.69, 9.17) is 5.73 Å². The summed E-state index contributed by atoms with van der Waals surface area (Å²) in [7, 11) is 1.29. The summed E-state index contributed by atoms with van der Waals surface area (Å²) in [5, 5.41) is 5.30. The molecule has 0 saturated carbocycles. The Morgan fingerprint density at radius 1 is 1.24 bits per heavy atom. The van der Waals surface area contributed by atoms with Gasteiger partial charge in [0.05, 0.1) is 7.11 Å². The number of carbonyl (C=O) groups excluding carboxylic acids is 2. The highest BCUT2D eigenvalue weighted by Crippen LogP contribution is 2.21. The molecule has 0 aliphatic carbocycles. The zero-order valence-electron chi connectivity index (χ0n) is 12.9. The number of benzene rings is 1. The van der Waals surface area contributed by atoms with E-state index in [9.17, 15) is 9.59 Å². The molecule has 0 heterocycles. The molecule has 6 heteroatoms. The van der Waals surface area contributed by atoms with Gasteiger partial charge < -0.3 is 15.8 Å². The van der Waals surface area contributed by atoms with Crippen molar-refractivity contribution in [1.29, 1.82) is 0 Å². The topological polar surface area (TPSA) is 93.5 Å². The molecule has 116 valence electrons. The number of nitrogens with two attached hydrogens (primary N) is 1. The highest BCUT2D eigenvalue weighted by molar-refractivity contribution is 5.92. The molecule has 1 rings (SSSR count). The Labute approximate surface area is 125 Å². The van der Waals surface area contributed by atoms with Crippen LogP contribution in [0.15, 0.2) is 24.3 Å². The second-order valence-electron chi connectivity index (χ2n) is 5.92. The molecule has 0 bridgehead atoms. The molecule has 0 saturated heterocycles. The molecule has 0 aliphatic rings. The van der Waals surface area contributed by atoms with E-state index in [0.717, 1.165) is 0 Å². The Balaban J connectivity index is 2.64. The molecule has 1 atom stereocenters. The smallest absolute Gasteiger partial charge is 0.411 e. The van der Waals surface area contributed by atoms with E-state index < -0.39 is 6.09 Å². The standard InChI is InChI=1S/C15H23N3O3/c1-15(2,3)12(16)9-13(19)17-10-6-5-7-11(8-10)18-14(20)21-4/h5-8,12H,9,16H2,1-4H3,(H,17,19)(H,18,20). The molecule has 1 aromatic rings. The first kappa shape index (κ1) is 17.0. The lowest BCUT2D eigenvalue weighted by molar-refractivity contribution is -0.117. The molecule has 0 radical (unpaired) electrons. The third kappa shape index (κ3) is 5.83. The van der Waals surface area contributed by atoms with Gasteiger partial charge in [0.25, 0.3) is 0 Å². The maximum absolute atomic E-state index is 12.0. The third-order valence-electron chi connectivity index (χ3n) is 3.10. The highest BCUT2D eigenvalue weighted by atomic mass is 16.5. The molecular weight excluding hydrogens is 270 g/mol. The van der Waals surface area contributed by atoms with Crippen molar-refractivity contribution in [3.05, 3.63) is 24.3 Å². The van der Waals surface area contributed by atoms with E-state index in [0.29, 0.717) is 11.4 Å². The number of rotatable bonds is 4. The van der Waals surface area contributed by atoms with Gasteiger partial charge in [-0.3, -0.25) is 10.1 Å². The molecule has 6 nitrogen and oxygen atoms in total. The summed E-state index contributed by atoms with van der Waals surface area (Å²) in [5.74, 6) is -0.160. The van der Waals surface area contributed by atoms with Crippen LogP contribution in [0.4, 0.5) is 16.2 Å². The van der Waals surface area contributed by atoms with Crippen LogP contribution in [-0.4, -0.2) is 25.2 Å². The summed E-state index contributed by atoms with van der Waals surface area (Å²) < 4.78 is 4.51. The normalized spacial score (nSPS) is 12.4. The van der Waals surface area contributed by atoms with Crippen molar-refractivity contribution in [2.24, 2.45) is 11.1 Å². The number of methoxy groups -OCH3 is 1.